The molecule has 0 aliphatic carbocycles. The first kappa shape index (κ1) is 19.4. The van der Waals surface area contributed by atoms with Crippen molar-refractivity contribution in [3.63, 3.8) is 0 Å². The fourth-order valence-electron chi connectivity index (χ4n) is 3.21. The van der Waals surface area contributed by atoms with Crippen molar-refractivity contribution in [2.45, 2.75) is 0 Å². The van der Waals surface area contributed by atoms with E-state index in [2.05, 4.69) is 20.0 Å². The minimum atomic E-state index is 0.882. The van der Waals surface area contributed by atoms with Crippen LogP contribution in [0.25, 0.3) is 11.4 Å². The molecule has 0 atom stereocenters. The predicted molar refractivity (Wildman–Crippen MR) is 128 cm³/mol. The number of aromatic nitrogens is 4. The quantitative estimate of drug-likeness (QED) is 0.340. The lowest BCUT2D eigenvalue weighted by Gasteiger charge is -2.02. The van der Waals surface area contributed by atoms with E-state index in [9.17, 15) is 0 Å². The van der Waals surface area contributed by atoms with Gasteiger partial charge < -0.3 is 9.13 Å². The number of benzene rings is 3. The number of imidazole rings is 2. The first-order chi connectivity index (χ1) is 15.8. The van der Waals surface area contributed by atoms with Gasteiger partial charge in [0.05, 0.1) is 24.0 Å². The summed E-state index contributed by atoms with van der Waals surface area (Å²) in [5.74, 6) is 0. The van der Waals surface area contributed by atoms with E-state index < -0.39 is 0 Å². The summed E-state index contributed by atoms with van der Waals surface area (Å²) in [6, 6.07) is 24.2. The molecular weight excluding hydrogens is 396 g/mol. The molecule has 0 saturated carbocycles. The van der Waals surface area contributed by atoms with Gasteiger partial charge in [-0.2, -0.15) is 0 Å². The molecule has 6 heteroatoms. The van der Waals surface area contributed by atoms with Crippen molar-refractivity contribution in [2.24, 2.45) is 9.98 Å². The molecule has 0 aliphatic heterocycles. The number of hydrogen-bond acceptors (Lipinski definition) is 4. The summed E-state index contributed by atoms with van der Waals surface area (Å²) in [5.41, 5.74) is 5.97. The van der Waals surface area contributed by atoms with Crippen molar-refractivity contribution >= 4 is 23.8 Å². The van der Waals surface area contributed by atoms with Crippen molar-refractivity contribution in [3.05, 3.63) is 121 Å². The van der Waals surface area contributed by atoms with E-state index in [1.165, 1.54) is 0 Å². The fraction of sp³-hybridized carbons (Fsp3) is 0. The molecule has 3 aromatic carbocycles. The predicted octanol–water partition coefficient (Wildman–Crippen LogP) is 5.56. The average Bonchev–Trinajstić information content (AvgIpc) is 3.58. The van der Waals surface area contributed by atoms with Crippen LogP contribution < -0.4 is 0 Å². The molecule has 32 heavy (non-hydrogen) atoms. The molecule has 5 aromatic rings. The highest BCUT2D eigenvalue weighted by Crippen LogP contribution is 2.19. The van der Waals surface area contributed by atoms with Crippen molar-refractivity contribution in [1.82, 2.24) is 19.1 Å². The summed E-state index contributed by atoms with van der Waals surface area (Å²) >= 11 is 0. The first-order valence-electron chi connectivity index (χ1n) is 10.2. The van der Waals surface area contributed by atoms with Gasteiger partial charge in [-0.05, 0) is 59.7 Å². The summed E-state index contributed by atoms with van der Waals surface area (Å²) in [6.07, 6.45) is 14.7. The van der Waals surface area contributed by atoms with Gasteiger partial charge in [-0.1, -0.05) is 24.3 Å². The number of nitrogens with zero attached hydrogens (tertiary/aromatic N) is 6. The number of aliphatic imine (C=N–C) groups is 2. The van der Waals surface area contributed by atoms with Crippen molar-refractivity contribution in [3.8, 4) is 11.4 Å². The zero-order valence-corrected chi connectivity index (χ0v) is 17.2. The average molecular weight is 416 g/mol. The molecular formula is C26H20N6. The minimum Gasteiger partial charge on any atom is -0.306 e. The third-order valence-electron chi connectivity index (χ3n) is 4.97. The topological polar surface area (TPSA) is 60.4 Å². The van der Waals surface area contributed by atoms with Gasteiger partial charge in [-0.15, -0.1) is 0 Å². The van der Waals surface area contributed by atoms with Gasteiger partial charge in [-0.3, -0.25) is 9.98 Å². The fourth-order valence-corrected chi connectivity index (χ4v) is 3.21. The van der Waals surface area contributed by atoms with E-state index in [4.69, 9.17) is 0 Å². The molecule has 2 heterocycles. The molecule has 0 saturated heterocycles. The van der Waals surface area contributed by atoms with E-state index in [0.717, 1.165) is 33.9 Å². The van der Waals surface area contributed by atoms with Crippen LogP contribution in [0.4, 0.5) is 11.4 Å². The first-order valence-corrected chi connectivity index (χ1v) is 10.2. The van der Waals surface area contributed by atoms with Crippen molar-refractivity contribution in [2.75, 3.05) is 0 Å². The van der Waals surface area contributed by atoms with Gasteiger partial charge >= 0.3 is 0 Å². The Morgan fingerprint density at radius 1 is 0.531 bits per heavy atom. The highest BCUT2D eigenvalue weighted by atomic mass is 15.0. The lowest BCUT2D eigenvalue weighted by Crippen LogP contribution is -1.90. The molecule has 0 aliphatic rings. The zero-order valence-electron chi connectivity index (χ0n) is 17.2. The Morgan fingerprint density at radius 3 is 1.28 bits per heavy atom. The van der Waals surface area contributed by atoms with E-state index in [1.807, 2.05) is 107 Å². The van der Waals surface area contributed by atoms with Crippen LogP contribution in [0.3, 0.4) is 0 Å². The Labute approximate surface area is 185 Å². The molecule has 0 N–H and O–H groups in total. The Balaban J connectivity index is 1.21. The van der Waals surface area contributed by atoms with Crippen LogP contribution in [0.5, 0.6) is 0 Å². The van der Waals surface area contributed by atoms with Crippen LogP contribution in [0.15, 0.2) is 120 Å². The Morgan fingerprint density at radius 2 is 0.938 bits per heavy atom. The molecule has 2 aromatic heterocycles. The maximum Gasteiger partial charge on any atom is 0.0991 e. The maximum atomic E-state index is 4.56. The number of hydrogen-bond donors (Lipinski definition) is 0. The van der Waals surface area contributed by atoms with E-state index in [0.29, 0.717) is 0 Å². The summed E-state index contributed by atoms with van der Waals surface area (Å²) in [5, 5.41) is 0. The Bertz CT molecular complexity index is 1210. The van der Waals surface area contributed by atoms with E-state index >= 15 is 0 Å². The van der Waals surface area contributed by atoms with Crippen LogP contribution in [-0.4, -0.2) is 31.5 Å². The molecule has 0 amide bonds. The summed E-state index contributed by atoms with van der Waals surface area (Å²) < 4.78 is 3.93. The lowest BCUT2D eigenvalue weighted by atomic mass is 10.2. The molecule has 0 fully saturated rings. The van der Waals surface area contributed by atoms with Crippen molar-refractivity contribution < 1.29 is 0 Å². The Kier molecular flexibility index (Phi) is 5.49. The highest BCUT2D eigenvalue weighted by Gasteiger charge is 1.97. The molecule has 0 unspecified atom stereocenters. The van der Waals surface area contributed by atoms with E-state index in [-0.39, 0.29) is 0 Å². The zero-order chi connectivity index (χ0) is 21.6. The third-order valence-corrected chi connectivity index (χ3v) is 4.97. The Hall–Kier alpha value is -4.58. The summed E-state index contributed by atoms with van der Waals surface area (Å²) in [6.45, 7) is 0. The molecule has 0 radical (unpaired) electrons. The number of rotatable bonds is 6. The minimum absolute atomic E-state index is 0.882. The van der Waals surface area contributed by atoms with Gasteiger partial charge in [0, 0.05) is 48.6 Å². The second-order valence-electron chi connectivity index (χ2n) is 7.16. The van der Waals surface area contributed by atoms with Crippen molar-refractivity contribution in [1.29, 1.82) is 0 Å². The highest BCUT2D eigenvalue weighted by molar-refractivity contribution is 5.83. The monoisotopic (exact) mass is 416 g/mol. The van der Waals surface area contributed by atoms with Crippen LogP contribution in [0.1, 0.15) is 11.1 Å². The van der Waals surface area contributed by atoms with Gasteiger partial charge in [0.2, 0.25) is 0 Å². The SMILES string of the molecule is C(=Nc1ccc(N=Cc2ccc(-n3ccnc3)cc2)cc1)c1ccc(-n2ccnc2)cc1. The summed E-state index contributed by atoms with van der Waals surface area (Å²) in [4.78, 5) is 17.3. The van der Waals surface area contributed by atoms with Gasteiger partial charge in [0.1, 0.15) is 0 Å². The smallest absolute Gasteiger partial charge is 0.0991 e. The van der Waals surface area contributed by atoms with Crippen LogP contribution in [0, 0.1) is 0 Å². The maximum absolute atomic E-state index is 4.56. The van der Waals surface area contributed by atoms with Gasteiger partial charge in [0.25, 0.3) is 0 Å². The standard InChI is InChI=1S/C26H20N6/c1-9-25(31-15-13-27-19-31)10-2-21(1)17-29-23-5-7-24(8-6-23)30-18-22-3-11-26(12-4-22)32-16-14-28-20-32/h1-20H. The van der Waals surface area contributed by atoms with Crippen LogP contribution in [-0.2, 0) is 0 Å². The molecule has 0 bridgehead atoms. The van der Waals surface area contributed by atoms with Gasteiger partial charge in [-0.25, -0.2) is 9.97 Å². The molecule has 5 rings (SSSR count). The largest absolute Gasteiger partial charge is 0.306 e. The molecule has 154 valence electrons. The van der Waals surface area contributed by atoms with Crippen LogP contribution >= 0.6 is 0 Å². The van der Waals surface area contributed by atoms with Gasteiger partial charge in [0.15, 0.2) is 0 Å². The second kappa shape index (κ2) is 9.06. The van der Waals surface area contributed by atoms with E-state index in [1.54, 1.807) is 25.0 Å². The third kappa shape index (κ3) is 4.60. The molecule has 0 spiro atoms. The normalized spacial score (nSPS) is 11.5. The second-order valence-corrected chi connectivity index (χ2v) is 7.16. The van der Waals surface area contributed by atoms with Crippen LogP contribution in [0.2, 0.25) is 0 Å². The summed E-state index contributed by atoms with van der Waals surface area (Å²) in [7, 11) is 0. The molecule has 6 nitrogen and oxygen atoms in total. The lowest BCUT2D eigenvalue weighted by molar-refractivity contribution is 1.06.